The number of benzene rings is 1. The van der Waals surface area contributed by atoms with Gasteiger partial charge in [-0.25, -0.2) is 9.37 Å². The molecule has 5 nitrogen and oxygen atoms in total. The highest BCUT2D eigenvalue weighted by Gasteiger charge is 2.10. The van der Waals surface area contributed by atoms with Gasteiger partial charge in [-0.15, -0.1) is 0 Å². The molecule has 20 heavy (non-hydrogen) atoms. The van der Waals surface area contributed by atoms with Crippen LogP contribution >= 0.6 is 11.6 Å². The van der Waals surface area contributed by atoms with Crippen LogP contribution in [-0.2, 0) is 0 Å². The van der Waals surface area contributed by atoms with Gasteiger partial charge in [0, 0.05) is 12.6 Å². The number of hydrogen-bond acceptors (Lipinski definition) is 5. The standard InChI is InChI=1S/C13H10ClFN4O/c1-2-17-13-18-7-10(14)12(19-13)20-9-4-3-8(6-16)11(15)5-9/h3-5,7H,2H2,1H3,(H,17,18,19). The van der Waals surface area contributed by atoms with E-state index < -0.39 is 5.82 Å². The highest BCUT2D eigenvalue weighted by atomic mass is 35.5. The Morgan fingerprint density at radius 1 is 1.50 bits per heavy atom. The molecule has 1 heterocycles. The molecule has 0 saturated heterocycles. The molecule has 7 heteroatoms. The molecular formula is C13H10ClFN4O. The van der Waals surface area contributed by atoms with Crippen LogP contribution in [-0.4, -0.2) is 16.5 Å². The number of halogens is 2. The van der Waals surface area contributed by atoms with Crippen LogP contribution in [0.4, 0.5) is 10.3 Å². The first-order chi connectivity index (χ1) is 9.63. The lowest BCUT2D eigenvalue weighted by atomic mass is 10.2. The Morgan fingerprint density at radius 2 is 2.30 bits per heavy atom. The number of nitriles is 1. The Bertz CT molecular complexity index is 672. The highest BCUT2D eigenvalue weighted by molar-refractivity contribution is 6.31. The smallest absolute Gasteiger partial charge is 0.243 e. The third-order valence-electron chi connectivity index (χ3n) is 2.32. The molecular weight excluding hydrogens is 283 g/mol. The van der Waals surface area contributed by atoms with E-state index in [-0.39, 0.29) is 22.2 Å². The topological polar surface area (TPSA) is 70.8 Å². The predicted molar refractivity (Wildman–Crippen MR) is 72.4 cm³/mol. The van der Waals surface area contributed by atoms with Crippen LogP contribution in [0.1, 0.15) is 12.5 Å². The van der Waals surface area contributed by atoms with Gasteiger partial charge >= 0.3 is 0 Å². The molecule has 1 N–H and O–H groups in total. The minimum atomic E-state index is -0.665. The maximum Gasteiger partial charge on any atom is 0.243 e. The fourth-order valence-corrected chi connectivity index (χ4v) is 1.56. The van der Waals surface area contributed by atoms with Crippen molar-refractivity contribution in [3.05, 3.63) is 40.8 Å². The summed E-state index contributed by atoms with van der Waals surface area (Å²) in [6.07, 6.45) is 1.39. The van der Waals surface area contributed by atoms with Gasteiger partial charge in [-0.2, -0.15) is 10.2 Å². The van der Waals surface area contributed by atoms with Gasteiger partial charge in [0.25, 0.3) is 0 Å². The Balaban J connectivity index is 2.27. The normalized spacial score (nSPS) is 9.90. The summed E-state index contributed by atoms with van der Waals surface area (Å²) < 4.78 is 18.9. The van der Waals surface area contributed by atoms with Crippen LogP contribution in [0.25, 0.3) is 0 Å². The molecule has 0 atom stereocenters. The minimum Gasteiger partial charge on any atom is -0.437 e. The van der Waals surface area contributed by atoms with Gasteiger partial charge in [-0.3, -0.25) is 0 Å². The lowest BCUT2D eigenvalue weighted by molar-refractivity contribution is 0.457. The van der Waals surface area contributed by atoms with Crippen LogP contribution in [0.5, 0.6) is 11.6 Å². The van der Waals surface area contributed by atoms with Crippen LogP contribution in [0.15, 0.2) is 24.4 Å². The van der Waals surface area contributed by atoms with Crippen molar-refractivity contribution < 1.29 is 9.13 Å². The van der Waals surface area contributed by atoms with Crippen LogP contribution in [0.2, 0.25) is 5.02 Å². The van der Waals surface area contributed by atoms with E-state index in [2.05, 4.69) is 15.3 Å². The summed E-state index contributed by atoms with van der Waals surface area (Å²) in [5, 5.41) is 11.8. The number of anilines is 1. The molecule has 0 aliphatic carbocycles. The van der Waals surface area contributed by atoms with Gasteiger partial charge in [0.15, 0.2) is 0 Å². The Morgan fingerprint density at radius 3 is 2.95 bits per heavy atom. The lowest BCUT2D eigenvalue weighted by Gasteiger charge is -2.08. The zero-order valence-corrected chi connectivity index (χ0v) is 11.3. The van der Waals surface area contributed by atoms with Gasteiger partial charge < -0.3 is 10.1 Å². The summed E-state index contributed by atoms with van der Waals surface area (Å²) in [7, 11) is 0. The van der Waals surface area contributed by atoms with Gasteiger partial charge in [0.2, 0.25) is 11.8 Å². The number of nitrogens with one attached hydrogen (secondary N) is 1. The largest absolute Gasteiger partial charge is 0.437 e. The van der Waals surface area contributed by atoms with E-state index in [0.717, 1.165) is 6.07 Å². The molecule has 1 aromatic carbocycles. The third kappa shape index (κ3) is 3.13. The van der Waals surface area contributed by atoms with Crippen molar-refractivity contribution in [2.24, 2.45) is 0 Å². The van der Waals surface area contributed by atoms with Crippen molar-refractivity contribution in [3.63, 3.8) is 0 Å². The maximum atomic E-state index is 13.5. The first kappa shape index (κ1) is 14.0. The fourth-order valence-electron chi connectivity index (χ4n) is 1.43. The Labute approximate surface area is 120 Å². The molecule has 1 aromatic heterocycles. The van der Waals surface area contributed by atoms with E-state index in [4.69, 9.17) is 21.6 Å². The van der Waals surface area contributed by atoms with E-state index in [1.165, 1.54) is 18.3 Å². The number of aromatic nitrogens is 2. The van der Waals surface area contributed by atoms with Crippen molar-refractivity contribution in [2.75, 3.05) is 11.9 Å². The first-order valence-electron chi connectivity index (χ1n) is 5.78. The molecule has 0 amide bonds. The van der Waals surface area contributed by atoms with Gasteiger partial charge in [0.05, 0.1) is 11.8 Å². The van der Waals surface area contributed by atoms with Gasteiger partial charge in [-0.05, 0) is 19.1 Å². The highest BCUT2D eigenvalue weighted by Crippen LogP contribution is 2.28. The van der Waals surface area contributed by atoms with E-state index in [1.54, 1.807) is 6.07 Å². The van der Waals surface area contributed by atoms with Gasteiger partial charge in [-0.1, -0.05) is 11.6 Å². The molecule has 102 valence electrons. The number of nitrogens with zero attached hydrogens (tertiary/aromatic N) is 3. The summed E-state index contributed by atoms with van der Waals surface area (Å²) >= 11 is 5.92. The fraction of sp³-hybridized carbons (Fsp3) is 0.154. The molecule has 0 saturated carbocycles. The molecule has 0 unspecified atom stereocenters. The first-order valence-corrected chi connectivity index (χ1v) is 6.15. The van der Waals surface area contributed by atoms with Gasteiger partial charge in [0.1, 0.15) is 22.7 Å². The molecule has 0 bridgehead atoms. The van der Waals surface area contributed by atoms with Crippen molar-refractivity contribution in [1.82, 2.24) is 9.97 Å². The van der Waals surface area contributed by atoms with Crippen LogP contribution in [0, 0.1) is 17.1 Å². The summed E-state index contributed by atoms with van der Waals surface area (Å²) in [6.45, 7) is 2.54. The predicted octanol–water partition coefficient (Wildman–Crippen LogP) is 3.36. The van der Waals surface area contributed by atoms with E-state index in [1.807, 2.05) is 6.92 Å². The second-order valence-electron chi connectivity index (χ2n) is 3.73. The quantitative estimate of drug-likeness (QED) is 0.935. The summed E-state index contributed by atoms with van der Waals surface area (Å²) in [5.41, 5.74) is -0.0560. The average Bonchev–Trinajstić information content (AvgIpc) is 2.43. The van der Waals surface area contributed by atoms with Crippen molar-refractivity contribution in [2.45, 2.75) is 6.92 Å². The van der Waals surface area contributed by atoms with E-state index in [0.29, 0.717) is 12.5 Å². The Kier molecular flexibility index (Phi) is 4.33. The molecule has 0 aliphatic rings. The number of ether oxygens (including phenoxy) is 1. The minimum absolute atomic E-state index is 0.0560. The SMILES string of the molecule is CCNc1ncc(Cl)c(Oc2ccc(C#N)c(F)c2)n1. The van der Waals surface area contributed by atoms with Crippen LogP contribution in [0.3, 0.4) is 0 Å². The summed E-state index contributed by atoms with van der Waals surface area (Å²) in [5.74, 6) is 0.00868. The second-order valence-corrected chi connectivity index (χ2v) is 4.14. The second kappa shape index (κ2) is 6.17. The van der Waals surface area contributed by atoms with E-state index in [9.17, 15) is 4.39 Å². The van der Waals surface area contributed by atoms with Crippen molar-refractivity contribution in [3.8, 4) is 17.7 Å². The molecule has 0 aliphatic heterocycles. The third-order valence-corrected chi connectivity index (χ3v) is 2.58. The number of rotatable bonds is 4. The zero-order valence-electron chi connectivity index (χ0n) is 10.5. The average molecular weight is 293 g/mol. The Hall–Kier alpha value is -2.39. The monoisotopic (exact) mass is 292 g/mol. The number of hydrogen-bond donors (Lipinski definition) is 1. The van der Waals surface area contributed by atoms with E-state index >= 15 is 0 Å². The summed E-state index contributed by atoms with van der Waals surface area (Å²) in [4.78, 5) is 8.03. The summed E-state index contributed by atoms with van der Waals surface area (Å²) in [6, 6.07) is 5.62. The van der Waals surface area contributed by atoms with Crippen molar-refractivity contribution in [1.29, 1.82) is 5.26 Å². The molecule has 0 radical (unpaired) electrons. The molecule has 0 fully saturated rings. The molecule has 2 aromatic rings. The molecule has 2 rings (SSSR count). The van der Waals surface area contributed by atoms with Crippen molar-refractivity contribution >= 4 is 17.5 Å². The zero-order chi connectivity index (χ0) is 14.5. The lowest BCUT2D eigenvalue weighted by Crippen LogP contribution is -2.03. The molecule has 0 spiro atoms. The maximum absolute atomic E-state index is 13.5. The van der Waals surface area contributed by atoms with Crippen LogP contribution < -0.4 is 10.1 Å².